The Morgan fingerprint density at radius 3 is 2.29 bits per heavy atom. The molecular formula is C12H17OP. The Hall–Kier alpha value is -0.550. The third kappa shape index (κ3) is 2.48. The van der Waals surface area contributed by atoms with Gasteiger partial charge in [-0.1, -0.05) is 33.9 Å². The number of benzene rings is 1. The van der Waals surface area contributed by atoms with Crippen molar-refractivity contribution in [3.63, 3.8) is 0 Å². The Morgan fingerprint density at radius 2 is 1.64 bits per heavy atom. The fourth-order valence-electron chi connectivity index (χ4n) is 1.98. The van der Waals surface area contributed by atoms with Crippen molar-refractivity contribution in [3.05, 3.63) is 30.3 Å². The van der Waals surface area contributed by atoms with Crippen molar-refractivity contribution in [2.24, 2.45) is 0 Å². The maximum Gasteiger partial charge on any atom is 0.121 e. The number of rotatable bonds is 2. The molecule has 0 bridgehead atoms. The second-order valence-electron chi connectivity index (χ2n) is 4.04. The number of hydrogen-bond donors (Lipinski definition) is 0. The van der Waals surface area contributed by atoms with Crippen LogP contribution >= 0.6 is 9.24 Å². The van der Waals surface area contributed by atoms with Gasteiger partial charge in [0, 0.05) is 0 Å². The highest BCUT2D eigenvalue weighted by Gasteiger charge is 2.28. The van der Waals surface area contributed by atoms with Gasteiger partial charge in [0.15, 0.2) is 0 Å². The van der Waals surface area contributed by atoms with E-state index < -0.39 is 0 Å². The van der Waals surface area contributed by atoms with Crippen LogP contribution in [0.15, 0.2) is 30.3 Å². The van der Waals surface area contributed by atoms with Gasteiger partial charge in [-0.15, -0.1) is 0 Å². The van der Waals surface area contributed by atoms with Crippen molar-refractivity contribution >= 4 is 9.24 Å². The predicted molar refractivity (Wildman–Crippen MR) is 62.6 cm³/mol. The van der Waals surface area contributed by atoms with Gasteiger partial charge in [-0.2, -0.15) is 0 Å². The summed E-state index contributed by atoms with van der Waals surface area (Å²) in [5.41, 5.74) is 0. The number of para-hydroxylation sites is 1. The van der Waals surface area contributed by atoms with Gasteiger partial charge >= 0.3 is 0 Å². The molecule has 1 aromatic carbocycles. The highest BCUT2D eigenvalue weighted by atomic mass is 31.0. The van der Waals surface area contributed by atoms with Crippen molar-refractivity contribution in [3.8, 4) is 5.75 Å². The molecule has 1 nitrogen and oxygen atoms in total. The maximum atomic E-state index is 6.01. The molecule has 1 saturated carbocycles. The zero-order valence-electron chi connectivity index (χ0n) is 8.41. The van der Waals surface area contributed by atoms with E-state index in [0.29, 0.717) is 0 Å². The monoisotopic (exact) mass is 208 g/mol. The summed E-state index contributed by atoms with van der Waals surface area (Å²) in [5.74, 6) is 0.990. The van der Waals surface area contributed by atoms with E-state index in [9.17, 15) is 0 Å². The lowest BCUT2D eigenvalue weighted by Gasteiger charge is -2.34. The Morgan fingerprint density at radius 1 is 1.00 bits per heavy atom. The molecule has 0 aliphatic heterocycles. The first kappa shape index (κ1) is 9.98. The van der Waals surface area contributed by atoms with Crippen molar-refractivity contribution in [2.75, 3.05) is 0 Å². The predicted octanol–water partition coefficient (Wildman–Crippen LogP) is 3.60. The third-order valence-electron chi connectivity index (χ3n) is 2.76. The van der Waals surface area contributed by atoms with E-state index in [4.69, 9.17) is 4.74 Å². The van der Waals surface area contributed by atoms with E-state index in [1.165, 1.54) is 19.3 Å². The summed E-state index contributed by atoms with van der Waals surface area (Å²) >= 11 is 0. The molecule has 1 unspecified atom stereocenters. The van der Waals surface area contributed by atoms with Crippen LogP contribution < -0.4 is 4.74 Å². The summed E-state index contributed by atoms with van der Waals surface area (Å²) in [6.45, 7) is 0. The molecule has 14 heavy (non-hydrogen) atoms. The summed E-state index contributed by atoms with van der Waals surface area (Å²) in [4.78, 5) is 0. The quantitative estimate of drug-likeness (QED) is 0.675. The Labute approximate surface area is 88.1 Å². The zero-order chi connectivity index (χ0) is 9.86. The minimum Gasteiger partial charge on any atom is -0.483 e. The second-order valence-corrected chi connectivity index (χ2v) is 5.09. The van der Waals surface area contributed by atoms with Gasteiger partial charge in [0.1, 0.15) is 11.1 Å². The van der Waals surface area contributed by atoms with Gasteiger partial charge in [-0.25, -0.2) is 0 Å². The highest BCUT2D eigenvalue weighted by Crippen LogP contribution is 2.37. The summed E-state index contributed by atoms with van der Waals surface area (Å²) in [6, 6.07) is 10.1. The van der Waals surface area contributed by atoms with E-state index in [1.807, 2.05) is 30.3 Å². The van der Waals surface area contributed by atoms with E-state index in [0.717, 1.165) is 18.6 Å². The Balaban J connectivity index is 2.02. The van der Waals surface area contributed by atoms with E-state index >= 15 is 0 Å². The summed E-state index contributed by atoms with van der Waals surface area (Å²) in [5, 5.41) is -0.000394. The average molecular weight is 208 g/mol. The molecule has 0 radical (unpaired) electrons. The molecule has 1 aliphatic rings. The second kappa shape index (κ2) is 4.31. The molecule has 0 saturated heterocycles. The number of ether oxygens (including phenoxy) is 1. The molecule has 0 spiro atoms. The smallest absolute Gasteiger partial charge is 0.121 e. The van der Waals surface area contributed by atoms with Crippen LogP contribution in [0, 0.1) is 0 Å². The normalized spacial score (nSPS) is 20.4. The summed E-state index contributed by atoms with van der Waals surface area (Å²) < 4.78 is 6.01. The first-order valence-corrected chi connectivity index (χ1v) is 5.89. The molecule has 0 N–H and O–H groups in total. The number of hydrogen-bond acceptors (Lipinski definition) is 1. The summed E-state index contributed by atoms with van der Waals surface area (Å²) in [7, 11) is 2.89. The topological polar surface area (TPSA) is 9.23 Å². The SMILES string of the molecule is PC1(Oc2ccccc2)CCCCC1. The van der Waals surface area contributed by atoms with Gasteiger partial charge < -0.3 is 4.74 Å². The van der Waals surface area contributed by atoms with Gasteiger partial charge in [0.05, 0.1) is 0 Å². The zero-order valence-corrected chi connectivity index (χ0v) is 9.56. The van der Waals surface area contributed by atoms with Crippen LogP contribution in [-0.4, -0.2) is 5.34 Å². The van der Waals surface area contributed by atoms with Gasteiger partial charge in [-0.3, -0.25) is 0 Å². The molecule has 1 fully saturated rings. The lowest BCUT2D eigenvalue weighted by atomic mass is 9.97. The van der Waals surface area contributed by atoms with Crippen LogP contribution in [0.2, 0.25) is 0 Å². The lowest BCUT2D eigenvalue weighted by molar-refractivity contribution is 0.119. The van der Waals surface area contributed by atoms with Gasteiger partial charge in [-0.05, 0) is 37.8 Å². The fraction of sp³-hybridized carbons (Fsp3) is 0.500. The van der Waals surface area contributed by atoms with Crippen LogP contribution in [0.1, 0.15) is 32.1 Å². The largest absolute Gasteiger partial charge is 0.483 e. The third-order valence-corrected chi connectivity index (χ3v) is 3.46. The molecule has 1 atom stereocenters. The summed E-state index contributed by atoms with van der Waals surface area (Å²) in [6.07, 6.45) is 6.25. The fourth-order valence-corrected chi connectivity index (χ4v) is 2.52. The van der Waals surface area contributed by atoms with E-state index in [-0.39, 0.29) is 5.34 Å². The Kier molecular flexibility index (Phi) is 3.08. The van der Waals surface area contributed by atoms with E-state index in [2.05, 4.69) is 9.24 Å². The minimum absolute atomic E-state index is 0.000394. The van der Waals surface area contributed by atoms with Crippen molar-refractivity contribution < 1.29 is 4.74 Å². The first-order chi connectivity index (χ1) is 6.79. The first-order valence-electron chi connectivity index (χ1n) is 5.31. The standard InChI is InChI=1S/C12H17OP/c14-12(9-5-2-6-10-12)13-11-7-3-1-4-8-11/h1,3-4,7-8H,2,5-6,9-10,14H2. The molecule has 2 heteroatoms. The van der Waals surface area contributed by atoms with Crippen LogP contribution in [0.5, 0.6) is 5.75 Å². The molecule has 1 aliphatic carbocycles. The molecule has 0 amide bonds. The molecule has 1 aromatic rings. The van der Waals surface area contributed by atoms with Gasteiger partial charge in [0.25, 0.3) is 0 Å². The van der Waals surface area contributed by atoms with Crippen molar-refractivity contribution in [1.29, 1.82) is 0 Å². The van der Waals surface area contributed by atoms with Gasteiger partial charge in [0.2, 0.25) is 0 Å². The average Bonchev–Trinajstić information content (AvgIpc) is 2.19. The minimum atomic E-state index is -0.000394. The van der Waals surface area contributed by atoms with Crippen LogP contribution in [0.3, 0.4) is 0 Å². The maximum absolute atomic E-state index is 6.01. The highest BCUT2D eigenvalue weighted by molar-refractivity contribution is 7.18. The van der Waals surface area contributed by atoms with Crippen molar-refractivity contribution in [2.45, 2.75) is 37.4 Å². The van der Waals surface area contributed by atoms with Crippen LogP contribution in [0.4, 0.5) is 0 Å². The van der Waals surface area contributed by atoms with E-state index in [1.54, 1.807) is 0 Å². The van der Waals surface area contributed by atoms with Crippen LogP contribution in [-0.2, 0) is 0 Å². The molecule has 2 rings (SSSR count). The van der Waals surface area contributed by atoms with Crippen LogP contribution in [0.25, 0.3) is 0 Å². The molecule has 76 valence electrons. The molecular weight excluding hydrogens is 191 g/mol. The van der Waals surface area contributed by atoms with Crippen molar-refractivity contribution in [1.82, 2.24) is 0 Å². The molecule has 0 aromatic heterocycles. The Bertz CT molecular complexity index is 278. The molecule has 0 heterocycles. The lowest BCUT2D eigenvalue weighted by Crippen LogP contribution is -2.30.